The van der Waals surface area contributed by atoms with Gasteiger partial charge in [-0.25, -0.2) is 14.4 Å². The Morgan fingerprint density at radius 3 is 2.18 bits per heavy atom. The third-order valence-electron chi connectivity index (χ3n) is 8.80. The van der Waals surface area contributed by atoms with E-state index in [4.69, 9.17) is 38.6 Å². The van der Waals surface area contributed by atoms with Crippen molar-refractivity contribution in [2.24, 2.45) is 11.1 Å². The van der Waals surface area contributed by atoms with Crippen LogP contribution >= 0.6 is 0 Å². The Labute approximate surface area is 330 Å². The molecule has 3 N–H and O–H groups in total. The summed E-state index contributed by atoms with van der Waals surface area (Å²) >= 11 is 0. The molecule has 1 aliphatic rings. The first-order valence-electron chi connectivity index (χ1n) is 18.3. The summed E-state index contributed by atoms with van der Waals surface area (Å²) in [6.45, 7) is 17.9. The van der Waals surface area contributed by atoms with Crippen molar-refractivity contribution in [3.63, 3.8) is 0 Å². The number of likely N-dealkylation sites (tertiary alicyclic amines) is 1. The third-order valence-corrected chi connectivity index (χ3v) is 9.63. The molecule has 56 heavy (non-hydrogen) atoms. The molecule has 1 aliphatic heterocycles. The van der Waals surface area contributed by atoms with Gasteiger partial charge in [-0.2, -0.15) is 0 Å². The predicted molar refractivity (Wildman–Crippen MR) is 210 cm³/mol. The summed E-state index contributed by atoms with van der Waals surface area (Å²) < 4.78 is 38.8. The van der Waals surface area contributed by atoms with Crippen molar-refractivity contribution >= 4 is 39.1 Å². The average Bonchev–Trinajstić information content (AvgIpc) is 3.64. The molecule has 0 spiro atoms. The van der Waals surface area contributed by atoms with Crippen LogP contribution in [0.5, 0.6) is 17.2 Å². The second kappa shape index (κ2) is 21.1. The molecule has 2 aromatic carbocycles. The Bertz CT molecular complexity index is 1710. The van der Waals surface area contributed by atoms with Gasteiger partial charge in [0.15, 0.2) is 26.6 Å². The minimum atomic E-state index is -1.49. The molecule has 1 saturated heterocycles. The van der Waals surface area contributed by atoms with Crippen LogP contribution in [0.3, 0.4) is 0 Å². The second-order valence-electron chi connectivity index (χ2n) is 14.4. The Hall–Kier alpha value is -5.35. The summed E-state index contributed by atoms with van der Waals surface area (Å²) in [4.78, 5) is 66.5. The Morgan fingerprint density at radius 1 is 0.982 bits per heavy atom. The molecule has 4 unspecified atom stereocenters. The standard InChI is InChI=1S/C40H55N3O12Si/c1-10-21-51-33(44)19-18-29(37(46)52-22-11-2)42-39(48)53-26-16-14-25(15-17-26)34(54-38(41)47)27-23-31(49-6)32(50-7)24-28(27)36(45)43-20-12-13-30(43)35(40(3,4)5)55-56(8)9/h10-11,14-17,23-24,29-30,34-35,56H,1-2,12-13,18-22H2,3-9H3,(H2,41,47)(H,42,48). The summed E-state index contributed by atoms with van der Waals surface area (Å²) in [5, 5.41) is 2.42. The summed E-state index contributed by atoms with van der Waals surface area (Å²) in [5.74, 6) is -1.08. The lowest BCUT2D eigenvalue weighted by atomic mass is 9.83. The van der Waals surface area contributed by atoms with Crippen LogP contribution in [0.4, 0.5) is 9.59 Å². The van der Waals surface area contributed by atoms with Gasteiger partial charge in [0.2, 0.25) is 0 Å². The van der Waals surface area contributed by atoms with E-state index in [1.165, 1.54) is 50.6 Å². The van der Waals surface area contributed by atoms with Gasteiger partial charge in [0.1, 0.15) is 25.0 Å². The maximum atomic E-state index is 14.7. The lowest BCUT2D eigenvalue weighted by molar-refractivity contribution is -0.146. The van der Waals surface area contributed by atoms with Crippen molar-refractivity contribution in [1.82, 2.24) is 10.2 Å². The van der Waals surface area contributed by atoms with E-state index in [1.54, 1.807) is 12.1 Å². The van der Waals surface area contributed by atoms with Gasteiger partial charge in [-0.3, -0.25) is 9.59 Å². The van der Waals surface area contributed by atoms with Crippen LogP contribution in [-0.2, 0) is 28.2 Å². The number of nitrogens with one attached hydrogen (secondary N) is 1. The number of methoxy groups -OCH3 is 2. The second-order valence-corrected chi connectivity index (χ2v) is 16.7. The van der Waals surface area contributed by atoms with Crippen molar-refractivity contribution in [2.45, 2.75) is 83.8 Å². The summed E-state index contributed by atoms with van der Waals surface area (Å²) in [6.07, 6.45) is 0.453. The van der Waals surface area contributed by atoms with E-state index in [2.05, 4.69) is 52.3 Å². The number of rotatable bonds is 19. The van der Waals surface area contributed by atoms with Crippen molar-refractivity contribution < 1.29 is 56.8 Å². The molecule has 3 amide bonds. The minimum absolute atomic E-state index is 0.00333. The van der Waals surface area contributed by atoms with Gasteiger partial charge < -0.3 is 48.8 Å². The lowest BCUT2D eigenvalue weighted by Gasteiger charge is -2.41. The quantitative estimate of drug-likeness (QED) is 0.0775. The number of carbonyl (C=O) groups is 5. The number of benzene rings is 2. The molecule has 0 saturated carbocycles. The highest BCUT2D eigenvalue weighted by Gasteiger charge is 2.42. The van der Waals surface area contributed by atoms with Gasteiger partial charge >= 0.3 is 24.1 Å². The topological polar surface area (TPSA) is 191 Å². The SMILES string of the molecule is C=CCOC(=O)CCC(NC(=O)Oc1ccc(C(OC(N)=O)c2cc(OC)c(OC)cc2C(=O)N2CCCC2C(O[SiH](C)C)C(C)(C)C)cc1)C(=O)OCC=C. The number of esters is 2. The van der Waals surface area contributed by atoms with Crippen molar-refractivity contribution in [3.05, 3.63) is 78.4 Å². The van der Waals surface area contributed by atoms with Crippen molar-refractivity contribution in [2.75, 3.05) is 34.0 Å². The predicted octanol–water partition coefficient (Wildman–Crippen LogP) is 5.60. The van der Waals surface area contributed by atoms with E-state index >= 15 is 0 Å². The molecule has 3 rings (SSSR count). The number of amides is 3. The Kier molecular flexibility index (Phi) is 17.0. The smallest absolute Gasteiger partial charge is 0.413 e. The average molecular weight is 798 g/mol. The van der Waals surface area contributed by atoms with E-state index in [9.17, 15) is 24.0 Å². The fourth-order valence-corrected chi connectivity index (χ4v) is 7.55. The molecule has 2 aromatic rings. The highest BCUT2D eigenvalue weighted by Crippen LogP contribution is 2.40. The van der Waals surface area contributed by atoms with Gasteiger partial charge in [0, 0.05) is 18.5 Å². The molecular formula is C40H55N3O12Si. The molecule has 0 aliphatic carbocycles. The van der Waals surface area contributed by atoms with E-state index in [1.807, 2.05) is 4.90 Å². The molecule has 1 fully saturated rings. The minimum Gasteiger partial charge on any atom is -0.493 e. The third kappa shape index (κ3) is 12.6. The van der Waals surface area contributed by atoms with Crippen LogP contribution < -0.4 is 25.3 Å². The molecule has 4 atom stereocenters. The number of nitrogens with two attached hydrogens (primary N) is 1. The van der Waals surface area contributed by atoms with Crippen LogP contribution in [-0.4, -0.2) is 96.1 Å². The number of hydrogen-bond acceptors (Lipinski definition) is 12. The molecule has 0 radical (unpaired) electrons. The van der Waals surface area contributed by atoms with Crippen molar-refractivity contribution in [3.8, 4) is 17.2 Å². The highest BCUT2D eigenvalue weighted by atomic mass is 28.3. The number of primary amides is 1. The van der Waals surface area contributed by atoms with Crippen LogP contribution in [0, 0.1) is 5.41 Å². The fraction of sp³-hybridized carbons (Fsp3) is 0.475. The van der Waals surface area contributed by atoms with Crippen LogP contribution in [0.1, 0.15) is 74.0 Å². The molecule has 306 valence electrons. The Morgan fingerprint density at radius 2 is 1.61 bits per heavy atom. The molecular weight excluding hydrogens is 743 g/mol. The van der Waals surface area contributed by atoms with Gasteiger partial charge in [-0.1, -0.05) is 58.2 Å². The summed E-state index contributed by atoms with van der Waals surface area (Å²) in [7, 11) is 1.41. The maximum absolute atomic E-state index is 14.7. The van der Waals surface area contributed by atoms with E-state index in [0.717, 1.165) is 12.8 Å². The first kappa shape index (κ1) is 45.0. The Balaban J connectivity index is 1.97. The molecule has 0 aromatic heterocycles. The van der Waals surface area contributed by atoms with E-state index in [-0.39, 0.29) is 72.1 Å². The van der Waals surface area contributed by atoms with Gasteiger partial charge in [0.05, 0.1) is 31.9 Å². The zero-order valence-electron chi connectivity index (χ0n) is 33.3. The van der Waals surface area contributed by atoms with Gasteiger partial charge in [-0.05, 0) is 67.6 Å². The van der Waals surface area contributed by atoms with Crippen LogP contribution in [0.25, 0.3) is 0 Å². The zero-order valence-corrected chi connectivity index (χ0v) is 34.4. The normalized spacial score (nSPS) is 15.5. The summed E-state index contributed by atoms with van der Waals surface area (Å²) in [6, 6.07) is 7.62. The monoisotopic (exact) mass is 797 g/mol. The van der Waals surface area contributed by atoms with Gasteiger partial charge in [0.25, 0.3) is 5.91 Å². The number of hydrogen-bond donors (Lipinski definition) is 2. The highest BCUT2D eigenvalue weighted by molar-refractivity contribution is 6.48. The van der Waals surface area contributed by atoms with E-state index in [0.29, 0.717) is 17.9 Å². The molecule has 15 nitrogen and oxygen atoms in total. The van der Waals surface area contributed by atoms with E-state index < -0.39 is 45.3 Å². The molecule has 0 bridgehead atoms. The molecule has 1 heterocycles. The largest absolute Gasteiger partial charge is 0.493 e. The summed E-state index contributed by atoms with van der Waals surface area (Å²) in [5.41, 5.74) is 6.20. The number of nitrogens with zero attached hydrogens (tertiary/aromatic N) is 1. The fourth-order valence-electron chi connectivity index (χ4n) is 6.37. The van der Waals surface area contributed by atoms with Crippen LogP contribution in [0.2, 0.25) is 13.1 Å². The van der Waals surface area contributed by atoms with Crippen LogP contribution in [0.15, 0.2) is 61.7 Å². The molecule has 16 heteroatoms. The van der Waals surface area contributed by atoms with Gasteiger partial charge in [-0.15, -0.1) is 0 Å². The number of ether oxygens (including phenoxy) is 6. The number of carbonyl (C=O) groups excluding carboxylic acids is 5. The first-order valence-corrected chi connectivity index (χ1v) is 21.1. The first-order chi connectivity index (χ1) is 26.5. The maximum Gasteiger partial charge on any atom is 0.413 e. The van der Waals surface area contributed by atoms with Crippen molar-refractivity contribution in [1.29, 1.82) is 0 Å². The zero-order chi connectivity index (χ0) is 41.6. The lowest BCUT2D eigenvalue weighted by Crippen LogP contribution is -2.50.